The van der Waals surface area contributed by atoms with Gasteiger partial charge in [-0.05, 0) is 23.8 Å². The second kappa shape index (κ2) is 12.6. The number of ether oxygens (including phenoxy) is 5. The van der Waals surface area contributed by atoms with Crippen LogP contribution < -0.4 is 9.47 Å². The van der Waals surface area contributed by atoms with Crippen LogP contribution in [-0.2, 0) is 23.8 Å². The van der Waals surface area contributed by atoms with E-state index in [0.717, 1.165) is 6.08 Å². The molecule has 0 bridgehead atoms. The molecular formula is C21H28O12. The summed E-state index contributed by atoms with van der Waals surface area (Å²) in [5.74, 6) is -0.743. The summed E-state index contributed by atoms with van der Waals surface area (Å²) in [6.07, 6.45) is -6.03. The van der Waals surface area contributed by atoms with Crippen molar-refractivity contribution in [3.8, 4) is 11.5 Å². The third-order valence-corrected chi connectivity index (χ3v) is 4.57. The topological polar surface area (TPSA) is 181 Å². The second-order valence-electron chi connectivity index (χ2n) is 7.15. The number of carbonyl (C=O) groups excluding carboxylic acids is 2. The van der Waals surface area contributed by atoms with Gasteiger partial charge in [-0.1, -0.05) is 6.07 Å². The Kier molecular flexibility index (Phi) is 10.2. The standard InChI is InChI=1S/C21H28O12/c1-11(23)32-14-5-3-12(7-15(14)29-2)4-6-17(25)30-9-13(24)10-31-21-20(28)19(27)18(26)16(8-22)33-21/h3-7,13,16,18-22,24,26-28H,8-10H2,1-2H3/b6-4+/t13-,16?,18+,19+,20?,21-/m1/s1. The van der Waals surface area contributed by atoms with E-state index < -0.39 is 68.6 Å². The SMILES string of the molecule is COc1cc(/C=C/C(=O)OC[C@@H](O)CO[C@@H]2OC(CO)[C@H](O)[C@H](O)C2O)ccc1OC(C)=O. The number of carbonyl (C=O) groups is 2. The van der Waals surface area contributed by atoms with Gasteiger partial charge >= 0.3 is 11.9 Å². The molecule has 0 saturated carbocycles. The van der Waals surface area contributed by atoms with E-state index in [1.807, 2.05) is 0 Å². The number of benzene rings is 1. The smallest absolute Gasteiger partial charge is 0.330 e. The molecule has 2 unspecified atom stereocenters. The Morgan fingerprint density at radius 2 is 1.85 bits per heavy atom. The predicted octanol–water partition coefficient (Wildman–Crippen LogP) is -1.65. The molecule has 5 N–H and O–H groups in total. The summed E-state index contributed by atoms with van der Waals surface area (Å²) in [4.78, 5) is 23.0. The van der Waals surface area contributed by atoms with E-state index in [-0.39, 0.29) is 5.75 Å². The van der Waals surface area contributed by atoms with Crippen LogP contribution >= 0.6 is 0 Å². The number of hydrogen-bond acceptors (Lipinski definition) is 12. The van der Waals surface area contributed by atoms with Gasteiger partial charge in [-0.25, -0.2) is 4.79 Å². The number of methoxy groups -OCH3 is 1. The molecule has 12 nitrogen and oxygen atoms in total. The Hall–Kier alpha value is -2.58. The minimum absolute atomic E-state index is 0.229. The van der Waals surface area contributed by atoms with Crippen LogP contribution in [0, 0.1) is 0 Å². The van der Waals surface area contributed by atoms with Crippen LogP contribution in [0.15, 0.2) is 24.3 Å². The first kappa shape index (κ1) is 26.7. The molecule has 0 spiro atoms. The molecular weight excluding hydrogens is 444 g/mol. The van der Waals surface area contributed by atoms with Crippen molar-refractivity contribution in [2.75, 3.05) is 26.9 Å². The molecule has 2 rings (SSSR count). The lowest BCUT2D eigenvalue weighted by Gasteiger charge is -2.39. The molecule has 0 aliphatic carbocycles. The summed E-state index contributed by atoms with van der Waals surface area (Å²) < 4.78 is 25.4. The quantitative estimate of drug-likeness (QED) is 0.149. The molecule has 1 aromatic rings. The number of esters is 2. The van der Waals surface area contributed by atoms with E-state index in [1.165, 1.54) is 26.2 Å². The van der Waals surface area contributed by atoms with E-state index >= 15 is 0 Å². The van der Waals surface area contributed by atoms with Gasteiger partial charge in [-0.15, -0.1) is 0 Å². The summed E-state index contributed by atoms with van der Waals surface area (Å²) in [6.45, 7) is -0.216. The Bertz CT molecular complexity index is 823. The summed E-state index contributed by atoms with van der Waals surface area (Å²) in [5, 5.41) is 48.4. The third kappa shape index (κ3) is 7.75. The molecule has 0 aromatic heterocycles. The Morgan fingerprint density at radius 1 is 1.12 bits per heavy atom. The minimum Gasteiger partial charge on any atom is -0.493 e. The van der Waals surface area contributed by atoms with Crippen LogP contribution in [0.25, 0.3) is 6.08 Å². The number of aliphatic hydroxyl groups is 5. The number of hydrogen-bond donors (Lipinski definition) is 5. The van der Waals surface area contributed by atoms with Gasteiger partial charge in [-0.2, -0.15) is 0 Å². The maximum absolute atomic E-state index is 11.9. The predicted molar refractivity (Wildman–Crippen MR) is 110 cm³/mol. The lowest BCUT2D eigenvalue weighted by atomic mass is 9.99. The monoisotopic (exact) mass is 472 g/mol. The number of rotatable bonds is 10. The third-order valence-electron chi connectivity index (χ3n) is 4.57. The van der Waals surface area contributed by atoms with Crippen LogP contribution in [0.5, 0.6) is 11.5 Å². The van der Waals surface area contributed by atoms with Crippen LogP contribution in [0.4, 0.5) is 0 Å². The molecule has 0 radical (unpaired) electrons. The van der Waals surface area contributed by atoms with E-state index in [1.54, 1.807) is 12.1 Å². The minimum atomic E-state index is -1.61. The first-order chi connectivity index (χ1) is 15.7. The van der Waals surface area contributed by atoms with Crippen molar-refractivity contribution >= 4 is 18.0 Å². The van der Waals surface area contributed by atoms with Gasteiger partial charge in [0.15, 0.2) is 17.8 Å². The highest BCUT2D eigenvalue weighted by molar-refractivity contribution is 5.87. The average molecular weight is 472 g/mol. The molecule has 1 aliphatic heterocycles. The molecule has 1 saturated heterocycles. The molecule has 1 aromatic carbocycles. The molecule has 1 aliphatic rings. The summed E-state index contributed by atoms with van der Waals surface area (Å²) in [5.41, 5.74) is 0.561. The summed E-state index contributed by atoms with van der Waals surface area (Å²) in [6, 6.07) is 4.64. The first-order valence-electron chi connectivity index (χ1n) is 9.97. The molecule has 6 atom stereocenters. The van der Waals surface area contributed by atoms with Crippen molar-refractivity contribution in [1.82, 2.24) is 0 Å². The van der Waals surface area contributed by atoms with E-state index in [2.05, 4.69) is 0 Å². The lowest BCUT2D eigenvalue weighted by molar-refractivity contribution is -0.304. The normalized spacial score (nSPS) is 26.1. The maximum Gasteiger partial charge on any atom is 0.330 e. The second-order valence-corrected chi connectivity index (χ2v) is 7.15. The van der Waals surface area contributed by atoms with Crippen molar-refractivity contribution in [1.29, 1.82) is 0 Å². The fourth-order valence-corrected chi connectivity index (χ4v) is 2.88. The molecule has 184 valence electrons. The van der Waals surface area contributed by atoms with E-state index in [9.17, 15) is 30.0 Å². The van der Waals surface area contributed by atoms with Crippen molar-refractivity contribution < 1.29 is 58.8 Å². The Morgan fingerprint density at radius 3 is 2.48 bits per heavy atom. The molecule has 0 amide bonds. The highest BCUT2D eigenvalue weighted by Gasteiger charge is 2.44. The van der Waals surface area contributed by atoms with Crippen molar-refractivity contribution in [3.05, 3.63) is 29.8 Å². The van der Waals surface area contributed by atoms with Crippen LogP contribution in [-0.4, -0.2) is 101 Å². The molecule has 1 fully saturated rings. The van der Waals surface area contributed by atoms with E-state index in [0.29, 0.717) is 11.3 Å². The molecule has 12 heteroatoms. The number of aliphatic hydroxyl groups excluding tert-OH is 5. The van der Waals surface area contributed by atoms with Crippen molar-refractivity contribution in [2.24, 2.45) is 0 Å². The van der Waals surface area contributed by atoms with Gasteiger partial charge in [0, 0.05) is 13.0 Å². The molecule has 1 heterocycles. The van der Waals surface area contributed by atoms with Crippen molar-refractivity contribution in [2.45, 2.75) is 43.7 Å². The fourth-order valence-electron chi connectivity index (χ4n) is 2.88. The van der Waals surface area contributed by atoms with Gasteiger partial charge in [0.1, 0.15) is 37.1 Å². The van der Waals surface area contributed by atoms with Crippen molar-refractivity contribution in [3.63, 3.8) is 0 Å². The zero-order valence-corrected chi connectivity index (χ0v) is 18.1. The zero-order chi connectivity index (χ0) is 24.5. The van der Waals surface area contributed by atoms with Gasteiger partial charge in [0.25, 0.3) is 0 Å². The van der Waals surface area contributed by atoms with E-state index in [4.69, 9.17) is 28.8 Å². The van der Waals surface area contributed by atoms with Gasteiger partial charge < -0.3 is 49.2 Å². The summed E-state index contributed by atoms with van der Waals surface area (Å²) in [7, 11) is 1.40. The lowest BCUT2D eigenvalue weighted by Crippen LogP contribution is -2.59. The fraction of sp³-hybridized carbons (Fsp3) is 0.524. The average Bonchev–Trinajstić information content (AvgIpc) is 2.79. The van der Waals surface area contributed by atoms with Crippen LogP contribution in [0.1, 0.15) is 12.5 Å². The first-order valence-corrected chi connectivity index (χ1v) is 9.97. The van der Waals surface area contributed by atoms with Gasteiger partial charge in [-0.3, -0.25) is 4.79 Å². The maximum atomic E-state index is 11.9. The van der Waals surface area contributed by atoms with Crippen LogP contribution in [0.2, 0.25) is 0 Å². The Labute approximate surface area is 189 Å². The summed E-state index contributed by atoms with van der Waals surface area (Å²) >= 11 is 0. The largest absolute Gasteiger partial charge is 0.493 e. The molecule has 33 heavy (non-hydrogen) atoms. The Balaban J connectivity index is 1.81. The van der Waals surface area contributed by atoms with Gasteiger partial charge in [0.05, 0.1) is 20.3 Å². The van der Waals surface area contributed by atoms with Crippen LogP contribution in [0.3, 0.4) is 0 Å². The highest BCUT2D eigenvalue weighted by Crippen LogP contribution is 2.28. The zero-order valence-electron chi connectivity index (χ0n) is 18.1. The highest BCUT2D eigenvalue weighted by atomic mass is 16.7. The van der Waals surface area contributed by atoms with Gasteiger partial charge in [0.2, 0.25) is 0 Å².